The van der Waals surface area contributed by atoms with E-state index in [4.69, 9.17) is 10.3 Å². The minimum absolute atomic E-state index is 0.0118. The fraction of sp³-hybridized carbons (Fsp3) is 0.352. The van der Waals surface area contributed by atoms with Gasteiger partial charge in [0.05, 0.1) is 13.0 Å². The molecule has 1 aromatic heterocycles. The lowest BCUT2D eigenvalue weighted by molar-refractivity contribution is -0.146. The Morgan fingerprint density at radius 3 is 2.01 bits per heavy atom. The molecular formula is C54H66N10O14S. The number of urea groups is 1. The molecule has 0 aliphatic carbocycles. The van der Waals surface area contributed by atoms with E-state index >= 15 is 0 Å². The topological polar surface area (TPSA) is 367 Å². The van der Waals surface area contributed by atoms with Crippen LogP contribution < -0.4 is 47.1 Å². The highest BCUT2D eigenvalue weighted by Gasteiger charge is 2.35. The number of H-pyrrole nitrogens is 1. The Hall–Kier alpha value is -8.84. The number of fused-ring (bicyclic) bond motifs is 1. The van der Waals surface area contributed by atoms with Gasteiger partial charge in [0, 0.05) is 54.8 Å². The van der Waals surface area contributed by atoms with E-state index in [2.05, 4.69) is 46.4 Å². The summed E-state index contributed by atoms with van der Waals surface area (Å²) in [5.74, 6) is -7.82. The van der Waals surface area contributed by atoms with Crippen LogP contribution in [0.15, 0.2) is 109 Å². The molecule has 0 spiro atoms. The summed E-state index contributed by atoms with van der Waals surface area (Å²) < 4.78 is 35.6. The number of likely N-dealkylation sites (N-methyl/N-ethyl adjacent to an activating group) is 1. The van der Waals surface area contributed by atoms with Crippen molar-refractivity contribution < 1.29 is 65.4 Å². The molecule has 0 unspecified atom stereocenters. The van der Waals surface area contributed by atoms with Crippen LogP contribution in [0.2, 0.25) is 0 Å². The predicted molar refractivity (Wildman–Crippen MR) is 290 cm³/mol. The van der Waals surface area contributed by atoms with Crippen LogP contribution >= 0.6 is 0 Å². The number of aryl methyl sites for hydroxylation is 1. The maximum Gasteiger partial charge on any atom is 0.446 e. The average molecular weight is 1110 g/mol. The smallest absolute Gasteiger partial charge is 0.446 e. The number of hydrogen-bond donors (Lipinski definition) is 11. The molecule has 25 heteroatoms. The third-order valence-corrected chi connectivity index (χ3v) is 13.0. The zero-order chi connectivity index (χ0) is 57.6. The summed E-state index contributed by atoms with van der Waals surface area (Å²) in [7, 11) is -3.57. The van der Waals surface area contributed by atoms with Crippen LogP contribution in [0, 0.1) is 6.92 Å². The van der Waals surface area contributed by atoms with Crippen molar-refractivity contribution in [3.05, 3.63) is 132 Å². The fourth-order valence-corrected chi connectivity index (χ4v) is 8.73. The second-order valence-corrected chi connectivity index (χ2v) is 19.6. The molecular weight excluding hydrogens is 1040 g/mol. The number of carbonyl (C=O) groups is 9. The number of carboxylic acids is 1. The van der Waals surface area contributed by atoms with Gasteiger partial charge >= 0.3 is 22.4 Å². The van der Waals surface area contributed by atoms with Crippen LogP contribution in [0.3, 0.4) is 0 Å². The van der Waals surface area contributed by atoms with E-state index in [9.17, 15) is 56.7 Å². The van der Waals surface area contributed by atoms with Gasteiger partial charge in [-0.15, -0.1) is 0 Å². The van der Waals surface area contributed by atoms with Crippen molar-refractivity contribution in [2.24, 2.45) is 5.73 Å². The van der Waals surface area contributed by atoms with Crippen LogP contribution in [0.1, 0.15) is 78.9 Å². The van der Waals surface area contributed by atoms with Crippen molar-refractivity contribution in [3.8, 4) is 5.75 Å². The lowest BCUT2D eigenvalue weighted by atomic mass is 10.0. The molecule has 9 amide bonds. The van der Waals surface area contributed by atoms with Crippen molar-refractivity contribution in [1.29, 1.82) is 0 Å². The van der Waals surface area contributed by atoms with Crippen molar-refractivity contribution in [2.45, 2.75) is 102 Å². The zero-order valence-corrected chi connectivity index (χ0v) is 44.6. The molecule has 5 atom stereocenters. The number of anilines is 1. The molecule has 0 aliphatic heterocycles. The van der Waals surface area contributed by atoms with E-state index in [-0.39, 0.29) is 56.4 Å². The Kier molecular flexibility index (Phi) is 22.9. The molecule has 0 saturated heterocycles. The van der Waals surface area contributed by atoms with E-state index < -0.39 is 107 Å². The SMILES string of the molecule is CCCC[C@H](NC(=O)c1ccc(OS(=O)(=O)O)cc1)C(=O)NCC(=O)N[C@@H](Cc1c[nH]c2ccccc12)C(=O)N[C@@H](CCCCNC(=O)Nc1ccccc1C)C(=O)N[C@@H](CC(=O)O)C(=O)N(C)[C@@H](Cc1ccccc1)C(N)=O. The van der Waals surface area contributed by atoms with Crippen molar-refractivity contribution in [3.63, 3.8) is 0 Å². The van der Waals surface area contributed by atoms with E-state index in [0.717, 1.165) is 22.6 Å². The summed E-state index contributed by atoms with van der Waals surface area (Å²) in [4.78, 5) is 125. The number of unbranched alkanes of at least 4 members (excludes halogenated alkanes) is 2. The molecule has 24 nitrogen and oxygen atoms in total. The number of para-hydroxylation sites is 2. The minimum Gasteiger partial charge on any atom is -0.481 e. The Labute approximate surface area is 456 Å². The molecule has 12 N–H and O–H groups in total. The Bertz CT molecular complexity index is 3060. The normalized spacial score (nSPS) is 13.0. The van der Waals surface area contributed by atoms with Gasteiger partial charge in [-0.3, -0.25) is 42.9 Å². The largest absolute Gasteiger partial charge is 0.481 e. The molecule has 0 saturated carbocycles. The Morgan fingerprint density at radius 2 is 1.34 bits per heavy atom. The molecule has 5 rings (SSSR count). The molecule has 0 radical (unpaired) electrons. The molecule has 1 heterocycles. The Morgan fingerprint density at radius 1 is 0.709 bits per heavy atom. The maximum absolute atomic E-state index is 14.6. The van der Waals surface area contributed by atoms with Gasteiger partial charge in [0.15, 0.2) is 0 Å². The number of hydrogen-bond acceptors (Lipinski definition) is 12. The molecule has 4 aromatic carbocycles. The molecule has 5 aromatic rings. The van der Waals surface area contributed by atoms with Gasteiger partial charge in [0.1, 0.15) is 36.0 Å². The number of nitrogens with one attached hydrogen (secondary N) is 8. The van der Waals surface area contributed by atoms with Crippen LogP contribution in [-0.4, -0.2) is 132 Å². The van der Waals surface area contributed by atoms with Crippen LogP contribution in [0.25, 0.3) is 10.9 Å². The number of aromatic amines is 1. The van der Waals surface area contributed by atoms with Crippen molar-refractivity contribution >= 4 is 80.3 Å². The summed E-state index contributed by atoms with van der Waals surface area (Å²) in [5.41, 5.74) is 9.09. The number of nitrogens with two attached hydrogens (primary N) is 1. The lowest BCUT2D eigenvalue weighted by Gasteiger charge is -2.30. The van der Waals surface area contributed by atoms with Gasteiger partial charge < -0.3 is 62.1 Å². The van der Waals surface area contributed by atoms with Gasteiger partial charge in [-0.2, -0.15) is 8.42 Å². The van der Waals surface area contributed by atoms with E-state index in [1.807, 2.05) is 26.0 Å². The summed E-state index contributed by atoms with van der Waals surface area (Å²) in [6, 6.07) is 20.0. The van der Waals surface area contributed by atoms with Gasteiger partial charge in [-0.25, -0.2) is 4.79 Å². The minimum atomic E-state index is -4.83. The number of primary amides is 1. The third kappa shape index (κ3) is 19.6. The summed E-state index contributed by atoms with van der Waals surface area (Å²) in [5, 5.41) is 29.0. The molecule has 79 heavy (non-hydrogen) atoms. The number of benzene rings is 4. The average Bonchev–Trinajstić information content (AvgIpc) is 3.84. The maximum atomic E-state index is 14.6. The van der Waals surface area contributed by atoms with Crippen molar-refractivity contribution in [2.75, 3.05) is 25.5 Å². The van der Waals surface area contributed by atoms with Gasteiger partial charge in [0.2, 0.25) is 35.4 Å². The first-order valence-corrected chi connectivity index (χ1v) is 26.7. The van der Waals surface area contributed by atoms with Gasteiger partial charge in [-0.1, -0.05) is 86.5 Å². The molecule has 0 aliphatic rings. The molecule has 0 bridgehead atoms. The number of aromatic nitrogens is 1. The van der Waals surface area contributed by atoms with Crippen molar-refractivity contribution in [1.82, 2.24) is 41.8 Å². The molecule has 0 fully saturated rings. The highest BCUT2D eigenvalue weighted by Crippen LogP contribution is 2.21. The second-order valence-electron chi connectivity index (χ2n) is 18.6. The first-order valence-electron chi connectivity index (χ1n) is 25.3. The number of nitrogens with zero attached hydrogens (tertiary/aromatic N) is 1. The molecule has 422 valence electrons. The number of carbonyl (C=O) groups excluding carboxylic acids is 8. The van der Waals surface area contributed by atoms with Gasteiger partial charge in [-0.05, 0) is 85.7 Å². The van der Waals surface area contributed by atoms with Crippen LogP contribution in [-0.2, 0) is 56.8 Å². The predicted octanol–water partition coefficient (Wildman–Crippen LogP) is 2.78. The fourth-order valence-electron chi connectivity index (χ4n) is 8.38. The second kappa shape index (κ2) is 29.6. The third-order valence-electron chi connectivity index (χ3n) is 12.6. The highest BCUT2D eigenvalue weighted by atomic mass is 32.3. The number of amides is 9. The quantitative estimate of drug-likeness (QED) is 0.0233. The summed E-state index contributed by atoms with van der Waals surface area (Å²) >= 11 is 0. The lowest BCUT2D eigenvalue weighted by Crippen LogP contribution is -2.59. The first kappa shape index (κ1) is 61.0. The number of rotatable bonds is 30. The van der Waals surface area contributed by atoms with E-state index in [0.29, 0.717) is 40.6 Å². The van der Waals surface area contributed by atoms with Crippen LogP contribution in [0.5, 0.6) is 5.75 Å². The standard InChI is InChI=1S/C54H66N10O14S/c1-4-5-19-41(60-49(69)35-23-25-37(26-24-35)78-79(75,76)77)50(70)58-32-46(65)59-43(29-36-31-57-40-21-12-10-18-38(36)40)52(72)61-42(22-13-14-27-56-54(74)63-39-20-11-9-15-33(39)2)51(71)62-44(30-47(66)67)53(73)64(3)45(48(55)68)28-34-16-7-6-8-17-34/h6-12,15-18,20-21,23-26,31,41-45,57H,4-5,13-14,19,22,27-30,32H2,1-3H3,(H2,55,68)(H,58,70)(H,59,65)(H,60,69)(H,61,72)(H,62,71)(H,66,67)(H2,56,63,74)(H,75,76,77)/t41-,42-,43-,44-,45-/m0/s1. The monoisotopic (exact) mass is 1110 g/mol. The summed E-state index contributed by atoms with van der Waals surface area (Å²) in [6.45, 7) is 3.12. The first-order chi connectivity index (χ1) is 37.6. The van der Waals surface area contributed by atoms with Crippen LogP contribution in [0.4, 0.5) is 10.5 Å². The van der Waals surface area contributed by atoms with E-state index in [1.54, 1.807) is 72.9 Å². The van der Waals surface area contributed by atoms with E-state index in [1.165, 1.54) is 19.2 Å². The summed E-state index contributed by atoms with van der Waals surface area (Å²) in [6.07, 6.45) is 2.11. The number of aliphatic carboxylic acids is 1. The number of carboxylic acid groups (broad SMARTS) is 1. The van der Waals surface area contributed by atoms with Gasteiger partial charge in [0.25, 0.3) is 5.91 Å². The Balaban J connectivity index is 1.36. The highest BCUT2D eigenvalue weighted by molar-refractivity contribution is 7.81. The zero-order valence-electron chi connectivity index (χ0n) is 43.8.